The van der Waals surface area contributed by atoms with Gasteiger partial charge in [0.15, 0.2) is 0 Å². The van der Waals surface area contributed by atoms with Crippen LogP contribution in [0.5, 0.6) is 0 Å². The van der Waals surface area contributed by atoms with Gasteiger partial charge in [0.05, 0.1) is 6.04 Å². The van der Waals surface area contributed by atoms with Crippen LogP contribution in [0.25, 0.3) is 0 Å². The molecule has 1 aromatic carbocycles. The first kappa shape index (κ1) is 18.5. The van der Waals surface area contributed by atoms with E-state index >= 15 is 0 Å². The highest BCUT2D eigenvalue weighted by molar-refractivity contribution is 5.85. The molecule has 0 unspecified atom stereocenters. The van der Waals surface area contributed by atoms with Crippen LogP contribution in [0, 0.1) is 5.82 Å². The second-order valence-corrected chi connectivity index (χ2v) is 7.70. The van der Waals surface area contributed by atoms with Gasteiger partial charge in [0, 0.05) is 45.1 Å². The predicted molar refractivity (Wildman–Crippen MR) is 103 cm³/mol. The Labute approximate surface area is 164 Å². The Bertz CT molecular complexity index is 873. The number of hydrogen-bond acceptors (Lipinski definition) is 2. The summed E-state index contributed by atoms with van der Waals surface area (Å²) in [6.45, 7) is 1.33. The van der Waals surface area contributed by atoms with Crippen LogP contribution >= 0.6 is 0 Å². The monoisotopic (exact) mass is 384 g/mol. The van der Waals surface area contributed by atoms with E-state index in [1.807, 2.05) is 23.2 Å². The molecule has 4 rings (SSSR count). The number of nitrogens with zero attached hydrogens (tertiary/aromatic N) is 4. The molecule has 3 amide bonds. The fraction of sp³-hybridized carbons (Fsp3) is 0.429. The average Bonchev–Trinajstić information content (AvgIpc) is 3.41. The molecule has 1 aliphatic heterocycles. The topological polar surface area (TPSA) is 48.8 Å². The fourth-order valence-electron chi connectivity index (χ4n) is 3.88. The maximum atomic E-state index is 13.4. The second-order valence-electron chi connectivity index (χ2n) is 7.70. The van der Waals surface area contributed by atoms with Gasteiger partial charge in [0.25, 0.3) is 0 Å². The van der Waals surface area contributed by atoms with Crippen molar-refractivity contribution in [2.45, 2.75) is 31.5 Å². The van der Waals surface area contributed by atoms with E-state index in [2.05, 4.69) is 4.57 Å². The van der Waals surface area contributed by atoms with Crippen molar-refractivity contribution >= 4 is 11.9 Å². The molecule has 0 radical (unpaired) electrons. The Hall–Kier alpha value is -2.83. The quantitative estimate of drug-likeness (QED) is 0.814. The van der Waals surface area contributed by atoms with E-state index in [1.54, 1.807) is 31.1 Å². The first-order chi connectivity index (χ1) is 13.5. The highest BCUT2D eigenvalue weighted by Crippen LogP contribution is 2.33. The number of rotatable bonds is 4. The molecule has 7 heteroatoms. The number of aromatic nitrogens is 1. The Morgan fingerprint density at radius 1 is 1.11 bits per heavy atom. The summed E-state index contributed by atoms with van der Waals surface area (Å²) in [4.78, 5) is 30.8. The number of amides is 3. The summed E-state index contributed by atoms with van der Waals surface area (Å²) in [6, 6.07) is 10.00. The standard InChI is InChI=1S/C21H25FN4O2/c1-23(2)21(28)26(17-9-10-17)14-19(27)25-13-12-24-11-3-4-18(24)20(25)15-5-7-16(22)8-6-15/h3-8,11,17,20H,9-10,12-14H2,1-2H3/t20-/m0/s1. The van der Waals surface area contributed by atoms with Crippen molar-refractivity contribution in [1.29, 1.82) is 0 Å². The van der Waals surface area contributed by atoms with Crippen molar-refractivity contribution in [3.8, 4) is 0 Å². The maximum Gasteiger partial charge on any atom is 0.320 e. The van der Waals surface area contributed by atoms with E-state index in [0.29, 0.717) is 13.1 Å². The Morgan fingerprint density at radius 3 is 2.46 bits per heavy atom. The van der Waals surface area contributed by atoms with E-state index in [-0.39, 0.29) is 36.4 Å². The van der Waals surface area contributed by atoms with Gasteiger partial charge in [-0.1, -0.05) is 12.1 Å². The molecule has 2 aromatic rings. The zero-order valence-electron chi connectivity index (χ0n) is 16.2. The van der Waals surface area contributed by atoms with Gasteiger partial charge in [-0.05, 0) is 42.7 Å². The lowest BCUT2D eigenvalue weighted by molar-refractivity contribution is -0.134. The van der Waals surface area contributed by atoms with Gasteiger partial charge >= 0.3 is 6.03 Å². The molecule has 1 atom stereocenters. The van der Waals surface area contributed by atoms with Gasteiger partial charge in [-0.3, -0.25) is 4.79 Å². The summed E-state index contributed by atoms with van der Waals surface area (Å²) in [6.07, 6.45) is 3.88. The molecule has 2 aliphatic rings. The molecule has 1 fully saturated rings. The minimum Gasteiger partial charge on any atom is -0.348 e. The van der Waals surface area contributed by atoms with E-state index in [9.17, 15) is 14.0 Å². The summed E-state index contributed by atoms with van der Waals surface area (Å²) in [5.41, 5.74) is 1.87. The lowest BCUT2D eigenvalue weighted by atomic mass is 9.99. The lowest BCUT2D eigenvalue weighted by Gasteiger charge is -2.38. The summed E-state index contributed by atoms with van der Waals surface area (Å²) >= 11 is 0. The van der Waals surface area contributed by atoms with E-state index < -0.39 is 0 Å². The minimum absolute atomic E-state index is 0.0695. The Morgan fingerprint density at radius 2 is 1.82 bits per heavy atom. The number of halogens is 1. The fourth-order valence-corrected chi connectivity index (χ4v) is 3.88. The third kappa shape index (κ3) is 3.48. The van der Waals surface area contributed by atoms with Crippen LogP contribution < -0.4 is 0 Å². The third-order valence-electron chi connectivity index (χ3n) is 5.47. The smallest absolute Gasteiger partial charge is 0.320 e. The van der Waals surface area contributed by atoms with Crippen LogP contribution in [0.3, 0.4) is 0 Å². The molecule has 1 aromatic heterocycles. The molecular weight excluding hydrogens is 359 g/mol. The van der Waals surface area contributed by atoms with Crippen molar-refractivity contribution in [2.75, 3.05) is 27.2 Å². The van der Waals surface area contributed by atoms with Gasteiger partial charge in [0.1, 0.15) is 12.4 Å². The number of carbonyl (C=O) groups is 2. The average molecular weight is 384 g/mol. The highest BCUT2D eigenvalue weighted by atomic mass is 19.1. The minimum atomic E-state index is -0.302. The highest BCUT2D eigenvalue weighted by Gasteiger charge is 2.38. The molecule has 1 aliphatic carbocycles. The first-order valence-electron chi connectivity index (χ1n) is 9.63. The second kappa shape index (κ2) is 7.30. The summed E-state index contributed by atoms with van der Waals surface area (Å²) in [7, 11) is 3.41. The van der Waals surface area contributed by atoms with Crippen LogP contribution in [-0.4, -0.2) is 64.4 Å². The molecule has 148 valence electrons. The summed E-state index contributed by atoms with van der Waals surface area (Å²) in [5.74, 6) is -0.381. The molecule has 0 bridgehead atoms. The number of urea groups is 1. The predicted octanol–water partition coefficient (Wildman–Crippen LogP) is 2.70. The summed E-state index contributed by atoms with van der Waals surface area (Å²) < 4.78 is 15.6. The zero-order valence-corrected chi connectivity index (χ0v) is 16.2. The molecular formula is C21H25FN4O2. The molecule has 0 N–H and O–H groups in total. The molecule has 2 heterocycles. The molecule has 0 spiro atoms. The van der Waals surface area contributed by atoms with Crippen LogP contribution in [-0.2, 0) is 11.3 Å². The number of carbonyl (C=O) groups excluding carboxylic acids is 2. The van der Waals surface area contributed by atoms with Gasteiger partial charge in [0.2, 0.25) is 5.91 Å². The van der Waals surface area contributed by atoms with Crippen LogP contribution in [0.1, 0.15) is 30.1 Å². The summed E-state index contributed by atoms with van der Waals surface area (Å²) in [5, 5.41) is 0. The number of hydrogen-bond donors (Lipinski definition) is 0. The van der Waals surface area contributed by atoms with E-state index in [0.717, 1.165) is 24.1 Å². The third-order valence-corrected chi connectivity index (χ3v) is 5.47. The maximum absolute atomic E-state index is 13.4. The normalized spacial score (nSPS) is 18.5. The van der Waals surface area contributed by atoms with Crippen molar-refractivity contribution in [2.24, 2.45) is 0 Å². The molecule has 1 saturated carbocycles. The van der Waals surface area contributed by atoms with Crippen molar-refractivity contribution in [1.82, 2.24) is 19.3 Å². The van der Waals surface area contributed by atoms with Crippen molar-refractivity contribution in [3.63, 3.8) is 0 Å². The lowest BCUT2D eigenvalue weighted by Crippen LogP contribution is -2.50. The van der Waals surface area contributed by atoms with E-state index in [1.165, 1.54) is 17.0 Å². The number of benzene rings is 1. The van der Waals surface area contributed by atoms with E-state index in [4.69, 9.17) is 0 Å². The molecule has 0 saturated heterocycles. The van der Waals surface area contributed by atoms with Gasteiger partial charge < -0.3 is 19.3 Å². The Balaban J connectivity index is 1.62. The first-order valence-corrected chi connectivity index (χ1v) is 9.63. The van der Waals surface area contributed by atoms with Crippen LogP contribution in [0.4, 0.5) is 9.18 Å². The van der Waals surface area contributed by atoms with Crippen LogP contribution in [0.15, 0.2) is 42.6 Å². The van der Waals surface area contributed by atoms with Crippen molar-refractivity contribution in [3.05, 3.63) is 59.7 Å². The molecule has 28 heavy (non-hydrogen) atoms. The SMILES string of the molecule is CN(C)C(=O)N(CC(=O)N1CCn2cccc2[C@@H]1c1ccc(F)cc1)C1CC1. The van der Waals surface area contributed by atoms with Crippen LogP contribution in [0.2, 0.25) is 0 Å². The molecule has 6 nitrogen and oxygen atoms in total. The number of fused-ring (bicyclic) bond motifs is 1. The zero-order chi connectivity index (χ0) is 19.8. The van der Waals surface area contributed by atoms with Gasteiger partial charge in [-0.25, -0.2) is 9.18 Å². The Kier molecular flexibility index (Phi) is 4.83. The van der Waals surface area contributed by atoms with Gasteiger partial charge in [-0.15, -0.1) is 0 Å². The van der Waals surface area contributed by atoms with Gasteiger partial charge in [-0.2, -0.15) is 0 Å². The van der Waals surface area contributed by atoms with Crippen molar-refractivity contribution < 1.29 is 14.0 Å². The largest absolute Gasteiger partial charge is 0.348 e.